The summed E-state index contributed by atoms with van der Waals surface area (Å²) in [6.45, 7) is 1.09. The molecule has 0 aromatic heterocycles. The molecule has 108 valence electrons. The Kier molecular flexibility index (Phi) is 6.39. The fourth-order valence-corrected chi connectivity index (χ4v) is 1.85. The number of nitrogens with one attached hydrogen (secondary N) is 1. The lowest BCUT2D eigenvalue weighted by Crippen LogP contribution is -2.28. The highest BCUT2D eigenvalue weighted by atomic mass is 35.5. The van der Waals surface area contributed by atoms with Crippen molar-refractivity contribution in [2.75, 3.05) is 19.8 Å². The predicted molar refractivity (Wildman–Crippen MR) is 69.8 cm³/mol. The second kappa shape index (κ2) is 7.33. The van der Waals surface area contributed by atoms with E-state index in [0.29, 0.717) is 16.6 Å². The number of hydrogen-bond acceptors (Lipinski definition) is 2. The van der Waals surface area contributed by atoms with Crippen LogP contribution in [0.1, 0.15) is 18.5 Å². The van der Waals surface area contributed by atoms with Crippen LogP contribution in [-0.2, 0) is 4.74 Å². The van der Waals surface area contributed by atoms with E-state index in [-0.39, 0.29) is 12.6 Å². The highest BCUT2D eigenvalue weighted by Gasteiger charge is 2.28. The molecule has 1 aromatic carbocycles. The maximum Gasteiger partial charge on any atom is 0.411 e. The summed E-state index contributed by atoms with van der Waals surface area (Å²) in [4.78, 5) is 0. The fraction of sp³-hybridized carbons (Fsp3) is 0.500. The van der Waals surface area contributed by atoms with Gasteiger partial charge in [0.2, 0.25) is 0 Å². The first-order chi connectivity index (χ1) is 8.83. The lowest BCUT2D eigenvalue weighted by atomic mass is 10.1. The number of likely N-dealkylation sites (N-methyl/N-ethyl adjacent to an activating group) is 1. The molecule has 0 aliphatic rings. The minimum atomic E-state index is -4.32. The van der Waals surface area contributed by atoms with E-state index in [1.54, 1.807) is 18.2 Å². The Labute approximate surface area is 119 Å². The molecule has 1 unspecified atom stereocenters. The molecule has 0 spiro atoms. The molecule has 2 nitrogen and oxygen atoms in total. The Morgan fingerprint density at radius 1 is 1.26 bits per heavy atom. The van der Waals surface area contributed by atoms with E-state index < -0.39 is 12.8 Å². The molecule has 0 fully saturated rings. The van der Waals surface area contributed by atoms with E-state index in [1.165, 1.54) is 0 Å². The van der Waals surface area contributed by atoms with Gasteiger partial charge in [0.15, 0.2) is 0 Å². The first kappa shape index (κ1) is 16.6. The van der Waals surface area contributed by atoms with Crippen LogP contribution in [0.2, 0.25) is 10.0 Å². The Morgan fingerprint density at radius 2 is 1.95 bits per heavy atom. The van der Waals surface area contributed by atoms with Crippen LogP contribution < -0.4 is 5.32 Å². The molecule has 1 N–H and O–H groups in total. The summed E-state index contributed by atoms with van der Waals surface area (Å²) in [6, 6.07) is 4.57. The van der Waals surface area contributed by atoms with Gasteiger partial charge in [-0.25, -0.2) is 0 Å². The summed E-state index contributed by atoms with van der Waals surface area (Å²) in [5.41, 5.74) is 0.735. The van der Waals surface area contributed by atoms with E-state index in [9.17, 15) is 13.2 Å². The monoisotopic (exact) mass is 315 g/mol. The second-order valence-electron chi connectivity index (χ2n) is 3.91. The second-order valence-corrected chi connectivity index (χ2v) is 4.73. The van der Waals surface area contributed by atoms with E-state index in [1.807, 2.05) is 6.92 Å². The quantitative estimate of drug-likeness (QED) is 0.848. The molecule has 0 aliphatic heterocycles. The van der Waals surface area contributed by atoms with Gasteiger partial charge in [-0.05, 0) is 24.2 Å². The first-order valence-electron chi connectivity index (χ1n) is 5.66. The SMILES string of the molecule is CCNC(COCC(F)(F)F)c1ccc(Cl)c(Cl)c1. The molecule has 0 heterocycles. The van der Waals surface area contributed by atoms with Crippen molar-refractivity contribution < 1.29 is 17.9 Å². The Morgan fingerprint density at radius 3 is 2.47 bits per heavy atom. The molecule has 0 bridgehead atoms. The van der Waals surface area contributed by atoms with Crippen LogP contribution in [0.3, 0.4) is 0 Å². The van der Waals surface area contributed by atoms with E-state index in [0.717, 1.165) is 5.56 Å². The minimum Gasteiger partial charge on any atom is -0.370 e. The minimum absolute atomic E-state index is 0.0920. The molecule has 1 rings (SSSR count). The molecule has 7 heteroatoms. The molecule has 1 aromatic rings. The summed E-state index contributed by atoms with van der Waals surface area (Å²) in [5, 5.41) is 3.80. The molecule has 1 atom stereocenters. The van der Waals surface area contributed by atoms with Crippen molar-refractivity contribution in [1.82, 2.24) is 5.32 Å². The number of benzene rings is 1. The zero-order valence-electron chi connectivity index (χ0n) is 10.2. The number of hydrogen-bond donors (Lipinski definition) is 1. The zero-order valence-corrected chi connectivity index (χ0v) is 11.7. The van der Waals surface area contributed by atoms with Crippen molar-refractivity contribution in [2.45, 2.75) is 19.1 Å². The van der Waals surface area contributed by atoms with Crippen molar-refractivity contribution >= 4 is 23.2 Å². The summed E-state index contributed by atoms with van der Waals surface area (Å²) >= 11 is 11.7. The van der Waals surface area contributed by atoms with Gasteiger partial charge in [-0.1, -0.05) is 36.2 Å². The van der Waals surface area contributed by atoms with Gasteiger partial charge in [0.25, 0.3) is 0 Å². The topological polar surface area (TPSA) is 21.3 Å². The van der Waals surface area contributed by atoms with Gasteiger partial charge < -0.3 is 10.1 Å². The molecule has 0 radical (unpaired) electrons. The molecule has 0 saturated carbocycles. The van der Waals surface area contributed by atoms with E-state index in [4.69, 9.17) is 23.2 Å². The van der Waals surface area contributed by atoms with Crippen LogP contribution in [0.15, 0.2) is 18.2 Å². The summed E-state index contributed by atoms with van der Waals surface area (Å²) in [6.07, 6.45) is -4.32. The van der Waals surface area contributed by atoms with Crippen molar-refractivity contribution in [3.05, 3.63) is 33.8 Å². The van der Waals surface area contributed by atoms with Gasteiger partial charge in [-0.3, -0.25) is 0 Å². The lowest BCUT2D eigenvalue weighted by molar-refractivity contribution is -0.175. The first-order valence-corrected chi connectivity index (χ1v) is 6.42. The van der Waals surface area contributed by atoms with Crippen LogP contribution in [0.4, 0.5) is 13.2 Å². The standard InChI is InChI=1S/C12H14Cl2F3NO/c1-2-18-11(6-19-7-12(15,16)17)8-3-4-9(13)10(14)5-8/h3-5,11,18H,2,6-7H2,1H3. The molecule has 0 amide bonds. The average Bonchev–Trinajstić information content (AvgIpc) is 2.30. The van der Waals surface area contributed by atoms with Crippen molar-refractivity contribution in [3.8, 4) is 0 Å². The van der Waals surface area contributed by atoms with Crippen LogP contribution in [-0.4, -0.2) is 25.9 Å². The Balaban J connectivity index is 2.68. The van der Waals surface area contributed by atoms with Gasteiger partial charge in [0.05, 0.1) is 22.7 Å². The summed E-state index contributed by atoms with van der Waals surface area (Å²) in [5.74, 6) is 0. The van der Waals surface area contributed by atoms with Crippen molar-refractivity contribution in [3.63, 3.8) is 0 Å². The zero-order chi connectivity index (χ0) is 14.5. The third kappa shape index (κ3) is 5.99. The van der Waals surface area contributed by atoms with Gasteiger partial charge in [0, 0.05) is 0 Å². The normalized spacial score (nSPS) is 13.6. The molecule has 19 heavy (non-hydrogen) atoms. The maximum absolute atomic E-state index is 12.0. The van der Waals surface area contributed by atoms with Crippen LogP contribution in [0, 0.1) is 0 Å². The molecular weight excluding hydrogens is 302 g/mol. The van der Waals surface area contributed by atoms with Crippen molar-refractivity contribution in [1.29, 1.82) is 0 Å². The smallest absolute Gasteiger partial charge is 0.370 e. The Hall–Kier alpha value is -0.490. The third-order valence-electron chi connectivity index (χ3n) is 2.35. The van der Waals surface area contributed by atoms with Crippen LogP contribution in [0.5, 0.6) is 0 Å². The van der Waals surface area contributed by atoms with E-state index in [2.05, 4.69) is 10.1 Å². The fourth-order valence-electron chi connectivity index (χ4n) is 1.54. The van der Waals surface area contributed by atoms with Gasteiger partial charge >= 0.3 is 6.18 Å². The Bertz CT molecular complexity index is 412. The number of alkyl halides is 3. The average molecular weight is 316 g/mol. The van der Waals surface area contributed by atoms with Gasteiger partial charge in [-0.2, -0.15) is 13.2 Å². The highest BCUT2D eigenvalue weighted by molar-refractivity contribution is 6.42. The predicted octanol–water partition coefficient (Wildman–Crippen LogP) is 4.22. The lowest BCUT2D eigenvalue weighted by Gasteiger charge is -2.19. The molecular formula is C12H14Cl2F3NO. The van der Waals surface area contributed by atoms with Gasteiger partial charge in [-0.15, -0.1) is 0 Å². The largest absolute Gasteiger partial charge is 0.411 e. The third-order valence-corrected chi connectivity index (χ3v) is 3.09. The molecule has 0 saturated heterocycles. The summed E-state index contributed by atoms with van der Waals surface area (Å²) < 4.78 is 40.8. The maximum atomic E-state index is 12.0. The van der Waals surface area contributed by atoms with Gasteiger partial charge in [0.1, 0.15) is 6.61 Å². The van der Waals surface area contributed by atoms with Crippen LogP contribution in [0.25, 0.3) is 0 Å². The molecule has 0 aliphatic carbocycles. The van der Waals surface area contributed by atoms with Crippen molar-refractivity contribution in [2.24, 2.45) is 0 Å². The number of halogens is 5. The summed E-state index contributed by atoms with van der Waals surface area (Å²) in [7, 11) is 0. The van der Waals surface area contributed by atoms with Crippen LogP contribution >= 0.6 is 23.2 Å². The van der Waals surface area contributed by atoms with E-state index >= 15 is 0 Å². The number of rotatable bonds is 6. The highest BCUT2D eigenvalue weighted by Crippen LogP contribution is 2.26. The number of ether oxygens (including phenoxy) is 1.